The molecule has 1 N–H and O–H groups in total. The Morgan fingerprint density at radius 1 is 1.35 bits per heavy atom. The van der Waals surface area contributed by atoms with Crippen molar-refractivity contribution in [3.8, 4) is 0 Å². The molecule has 0 atom stereocenters. The Kier molecular flexibility index (Phi) is 9.86. The Labute approximate surface area is 131 Å². The lowest BCUT2D eigenvalue weighted by atomic mass is 10.2. The zero-order chi connectivity index (χ0) is 15.5. The van der Waals surface area contributed by atoms with Crippen LogP contribution in [0, 0.1) is 0 Å². The van der Waals surface area contributed by atoms with E-state index in [1.54, 1.807) is 32.2 Å². The first-order valence-electron chi connectivity index (χ1n) is 6.45. The number of rotatable bonds is 4. The van der Waals surface area contributed by atoms with Crippen molar-refractivity contribution >= 4 is 36.4 Å². The summed E-state index contributed by atoms with van der Waals surface area (Å²) in [5.74, 6) is -0.239. The van der Waals surface area contributed by atoms with Crippen LogP contribution in [0.15, 0.2) is 39.9 Å². The van der Waals surface area contributed by atoms with Crippen molar-refractivity contribution in [2.45, 2.75) is 34.2 Å². The third kappa shape index (κ3) is 6.78. The maximum absolute atomic E-state index is 11.8. The summed E-state index contributed by atoms with van der Waals surface area (Å²) in [4.78, 5) is 16.1. The molecule has 0 bridgehead atoms. The molecule has 0 aliphatic heterocycles. The Hall–Kier alpha value is -1.26. The second-order valence-corrected chi connectivity index (χ2v) is 4.51. The van der Waals surface area contributed by atoms with Crippen LogP contribution in [0.25, 0.3) is 0 Å². The number of allylic oxidation sites excluding steroid dienone is 1. The van der Waals surface area contributed by atoms with Crippen molar-refractivity contribution in [3.63, 3.8) is 0 Å². The van der Waals surface area contributed by atoms with Crippen LogP contribution in [0.2, 0.25) is 5.02 Å². The van der Waals surface area contributed by atoms with Crippen molar-refractivity contribution in [1.29, 1.82) is 0 Å². The standard InChI is InChI=1S/C13H15ClN2OS.C2H6/c1-3-15-9(2)12(18)13(17)16-8-10-4-6-11(14)7-5-10;1-2/h3-7,18H,8H2,1-2H3,(H,16,17);1-2H3/b12-9-,15-3?;. The van der Waals surface area contributed by atoms with Gasteiger partial charge in [0.15, 0.2) is 0 Å². The second-order valence-electron chi connectivity index (χ2n) is 3.63. The summed E-state index contributed by atoms with van der Waals surface area (Å²) in [5.41, 5.74) is 1.57. The third-order valence-electron chi connectivity index (χ3n) is 2.25. The average Bonchev–Trinajstić information content (AvgIpc) is 2.48. The van der Waals surface area contributed by atoms with Crippen molar-refractivity contribution in [3.05, 3.63) is 45.5 Å². The molecule has 0 heterocycles. The van der Waals surface area contributed by atoms with Gasteiger partial charge in [0.2, 0.25) is 0 Å². The van der Waals surface area contributed by atoms with E-state index in [0.29, 0.717) is 22.2 Å². The summed E-state index contributed by atoms with van der Waals surface area (Å²) < 4.78 is 0. The molecule has 1 aromatic rings. The molecule has 0 spiro atoms. The zero-order valence-corrected chi connectivity index (χ0v) is 13.9. The lowest BCUT2D eigenvalue weighted by molar-refractivity contribution is -0.117. The van der Waals surface area contributed by atoms with Crippen LogP contribution >= 0.6 is 24.2 Å². The van der Waals surface area contributed by atoms with Gasteiger partial charge in [0.1, 0.15) is 0 Å². The molecule has 110 valence electrons. The van der Waals surface area contributed by atoms with Gasteiger partial charge in [-0.25, -0.2) is 0 Å². The molecule has 20 heavy (non-hydrogen) atoms. The quantitative estimate of drug-likeness (QED) is 0.487. The molecular weight excluding hydrogens is 292 g/mol. The minimum atomic E-state index is -0.239. The fourth-order valence-electron chi connectivity index (χ4n) is 1.29. The number of nitrogens with zero attached hydrogens (tertiary/aromatic N) is 1. The molecule has 0 aromatic heterocycles. The topological polar surface area (TPSA) is 41.5 Å². The average molecular weight is 313 g/mol. The summed E-state index contributed by atoms with van der Waals surface area (Å²) in [5, 5.41) is 3.44. The van der Waals surface area contributed by atoms with E-state index in [-0.39, 0.29) is 5.91 Å². The smallest absolute Gasteiger partial charge is 0.259 e. The molecule has 5 heteroatoms. The lowest BCUT2D eigenvalue weighted by Crippen LogP contribution is -2.23. The minimum Gasteiger partial charge on any atom is -0.347 e. The van der Waals surface area contributed by atoms with Crippen molar-refractivity contribution < 1.29 is 4.79 Å². The molecule has 0 saturated heterocycles. The minimum absolute atomic E-state index is 0.239. The van der Waals surface area contributed by atoms with E-state index in [0.717, 1.165) is 5.56 Å². The van der Waals surface area contributed by atoms with E-state index in [1.165, 1.54) is 0 Å². The zero-order valence-electron chi connectivity index (χ0n) is 12.3. The number of halogens is 1. The Bertz CT molecular complexity index is 481. The number of thiol groups is 1. The van der Waals surface area contributed by atoms with Gasteiger partial charge >= 0.3 is 0 Å². The first-order valence-corrected chi connectivity index (χ1v) is 7.28. The van der Waals surface area contributed by atoms with E-state index >= 15 is 0 Å². The van der Waals surface area contributed by atoms with Crippen LogP contribution in [0.1, 0.15) is 33.3 Å². The SMILES string of the molecule is CC.CC=N/C(C)=C(\S)C(=O)NCc1ccc(Cl)cc1. The molecular formula is C15H21ClN2OS. The highest BCUT2D eigenvalue weighted by Crippen LogP contribution is 2.11. The molecule has 0 aliphatic carbocycles. The molecule has 3 nitrogen and oxygen atoms in total. The van der Waals surface area contributed by atoms with Crippen LogP contribution < -0.4 is 5.32 Å². The van der Waals surface area contributed by atoms with Gasteiger partial charge in [-0.1, -0.05) is 37.6 Å². The Balaban J connectivity index is 0.00000172. The predicted octanol–water partition coefficient (Wildman–Crippen LogP) is 4.23. The number of nitrogens with one attached hydrogen (secondary N) is 1. The summed E-state index contributed by atoms with van der Waals surface area (Å²) in [7, 11) is 0. The van der Waals surface area contributed by atoms with Gasteiger partial charge in [-0.2, -0.15) is 0 Å². The van der Waals surface area contributed by atoms with E-state index in [4.69, 9.17) is 11.6 Å². The molecule has 0 radical (unpaired) electrons. The fourth-order valence-corrected chi connectivity index (χ4v) is 1.55. The van der Waals surface area contributed by atoms with Gasteiger partial charge in [0, 0.05) is 17.8 Å². The maximum atomic E-state index is 11.8. The number of hydrogen-bond donors (Lipinski definition) is 2. The highest BCUT2D eigenvalue weighted by atomic mass is 35.5. The van der Waals surface area contributed by atoms with Crippen LogP contribution in [0.4, 0.5) is 0 Å². The van der Waals surface area contributed by atoms with Gasteiger partial charge in [0.05, 0.1) is 10.6 Å². The highest BCUT2D eigenvalue weighted by Gasteiger charge is 2.07. The second kappa shape index (κ2) is 10.5. The van der Waals surface area contributed by atoms with Crippen molar-refractivity contribution in [2.75, 3.05) is 0 Å². The molecule has 1 aromatic carbocycles. The van der Waals surface area contributed by atoms with Gasteiger partial charge < -0.3 is 5.32 Å². The molecule has 1 amide bonds. The summed E-state index contributed by atoms with van der Waals surface area (Å²) in [6.45, 7) is 7.96. The van der Waals surface area contributed by atoms with Gasteiger partial charge in [-0.05, 0) is 31.5 Å². The Morgan fingerprint density at radius 3 is 2.40 bits per heavy atom. The normalized spacial score (nSPS) is 11.5. The van der Waals surface area contributed by atoms with E-state index in [1.807, 2.05) is 26.0 Å². The van der Waals surface area contributed by atoms with Crippen LogP contribution in [-0.2, 0) is 11.3 Å². The number of carbonyl (C=O) groups is 1. The fraction of sp³-hybridized carbons (Fsp3) is 0.333. The summed E-state index contributed by atoms with van der Waals surface area (Å²) in [6, 6.07) is 7.30. The number of amides is 1. The highest BCUT2D eigenvalue weighted by molar-refractivity contribution is 7.85. The van der Waals surface area contributed by atoms with Gasteiger partial charge in [-0.3, -0.25) is 9.79 Å². The van der Waals surface area contributed by atoms with Crippen molar-refractivity contribution in [1.82, 2.24) is 5.32 Å². The predicted molar refractivity (Wildman–Crippen MR) is 90.5 cm³/mol. The molecule has 0 fully saturated rings. The molecule has 0 aliphatic rings. The number of hydrogen-bond acceptors (Lipinski definition) is 3. The van der Waals surface area contributed by atoms with Gasteiger partial charge in [0.25, 0.3) is 5.91 Å². The number of benzene rings is 1. The van der Waals surface area contributed by atoms with E-state index in [9.17, 15) is 4.79 Å². The third-order valence-corrected chi connectivity index (χ3v) is 3.03. The van der Waals surface area contributed by atoms with Gasteiger partial charge in [-0.15, -0.1) is 12.6 Å². The van der Waals surface area contributed by atoms with Crippen LogP contribution in [0.3, 0.4) is 0 Å². The largest absolute Gasteiger partial charge is 0.347 e. The number of aliphatic imine (C=N–C) groups is 1. The summed E-state index contributed by atoms with van der Waals surface area (Å²) >= 11 is 9.93. The molecule has 1 rings (SSSR count). The first kappa shape index (κ1) is 18.7. The maximum Gasteiger partial charge on any atom is 0.259 e. The summed E-state index contributed by atoms with van der Waals surface area (Å²) in [6.07, 6.45) is 1.62. The lowest BCUT2D eigenvalue weighted by Gasteiger charge is -2.06. The van der Waals surface area contributed by atoms with E-state index in [2.05, 4.69) is 22.9 Å². The molecule has 0 unspecified atom stereocenters. The monoisotopic (exact) mass is 312 g/mol. The Morgan fingerprint density at radius 2 is 1.90 bits per heavy atom. The molecule has 0 saturated carbocycles. The number of carbonyl (C=O) groups excluding carboxylic acids is 1. The van der Waals surface area contributed by atoms with Crippen LogP contribution in [0.5, 0.6) is 0 Å². The first-order chi connectivity index (χ1) is 9.54. The van der Waals surface area contributed by atoms with E-state index < -0.39 is 0 Å². The van der Waals surface area contributed by atoms with Crippen molar-refractivity contribution in [2.24, 2.45) is 4.99 Å². The van der Waals surface area contributed by atoms with Crippen LogP contribution in [-0.4, -0.2) is 12.1 Å².